The fraction of sp³-hybridized carbons (Fsp3) is 0.400. The second-order valence-electron chi connectivity index (χ2n) is 6.87. The van der Waals surface area contributed by atoms with E-state index in [9.17, 15) is 4.79 Å². The molecule has 1 aliphatic heterocycles. The van der Waals surface area contributed by atoms with Crippen LogP contribution in [0.1, 0.15) is 35.8 Å². The molecule has 1 fully saturated rings. The van der Waals surface area contributed by atoms with Crippen LogP contribution in [0.2, 0.25) is 0 Å². The summed E-state index contributed by atoms with van der Waals surface area (Å²) in [5.74, 6) is 1.30. The van der Waals surface area contributed by atoms with Crippen LogP contribution in [-0.4, -0.2) is 37.1 Å². The van der Waals surface area contributed by atoms with Crippen LogP contribution < -0.4 is 15.5 Å². The lowest BCUT2D eigenvalue weighted by atomic mass is 10.0. The number of rotatable bonds is 5. The van der Waals surface area contributed by atoms with E-state index in [2.05, 4.69) is 58.6 Å². The minimum atomic E-state index is -0.0600. The smallest absolute Gasteiger partial charge is 0.252 e. The van der Waals surface area contributed by atoms with Gasteiger partial charge in [-0.15, -0.1) is 0 Å². The van der Waals surface area contributed by atoms with Gasteiger partial charge in [-0.05, 0) is 23.6 Å². The van der Waals surface area contributed by atoms with Gasteiger partial charge in [0.25, 0.3) is 5.91 Å². The zero-order valence-electron chi connectivity index (χ0n) is 14.9. The fourth-order valence-electron chi connectivity index (χ4n) is 2.97. The standard InChI is InChI=1S/C20H26N4O/c1-15(2)12-23-20(25)17-8-9-19(22-13-17)24-11-10-21-18(14-24)16-6-4-3-5-7-16/h3-9,13,15,18,21H,10-12,14H2,1-2H3,(H,23,25)/t18-/m0/s1. The summed E-state index contributed by atoms with van der Waals surface area (Å²) in [5, 5.41) is 6.48. The highest BCUT2D eigenvalue weighted by Gasteiger charge is 2.21. The first-order valence-electron chi connectivity index (χ1n) is 8.91. The van der Waals surface area contributed by atoms with Gasteiger partial charge in [0.1, 0.15) is 5.82 Å². The van der Waals surface area contributed by atoms with Gasteiger partial charge in [0, 0.05) is 38.4 Å². The van der Waals surface area contributed by atoms with Gasteiger partial charge in [0.2, 0.25) is 0 Å². The molecule has 0 spiro atoms. The number of carbonyl (C=O) groups excluding carboxylic acids is 1. The number of piperazine rings is 1. The fourth-order valence-corrected chi connectivity index (χ4v) is 2.97. The maximum atomic E-state index is 12.1. The summed E-state index contributed by atoms with van der Waals surface area (Å²) in [6.07, 6.45) is 1.67. The van der Waals surface area contributed by atoms with E-state index in [1.165, 1.54) is 5.56 Å². The molecule has 0 aliphatic carbocycles. The van der Waals surface area contributed by atoms with Crippen LogP contribution in [0.5, 0.6) is 0 Å². The van der Waals surface area contributed by atoms with Crippen LogP contribution in [0.3, 0.4) is 0 Å². The van der Waals surface area contributed by atoms with Crippen molar-refractivity contribution in [2.75, 3.05) is 31.1 Å². The van der Waals surface area contributed by atoms with Crippen molar-refractivity contribution in [2.24, 2.45) is 5.92 Å². The molecule has 5 nitrogen and oxygen atoms in total. The highest BCUT2D eigenvalue weighted by molar-refractivity contribution is 5.94. The number of nitrogens with one attached hydrogen (secondary N) is 2. The largest absolute Gasteiger partial charge is 0.353 e. The maximum absolute atomic E-state index is 12.1. The summed E-state index contributed by atoms with van der Waals surface area (Å²) < 4.78 is 0. The number of nitrogens with zero attached hydrogens (tertiary/aromatic N) is 2. The Balaban J connectivity index is 1.64. The zero-order valence-corrected chi connectivity index (χ0v) is 14.9. The predicted octanol–water partition coefficient (Wildman–Crippen LogP) is 2.62. The summed E-state index contributed by atoms with van der Waals surface area (Å²) in [7, 11) is 0. The molecule has 0 bridgehead atoms. The van der Waals surface area contributed by atoms with Crippen molar-refractivity contribution in [1.29, 1.82) is 0 Å². The van der Waals surface area contributed by atoms with E-state index in [0.29, 0.717) is 24.1 Å². The van der Waals surface area contributed by atoms with Crippen molar-refractivity contribution < 1.29 is 4.79 Å². The minimum Gasteiger partial charge on any atom is -0.353 e. The molecule has 1 aromatic heterocycles. The monoisotopic (exact) mass is 338 g/mol. The molecule has 2 N–H and O–H groups in total. The third-order valence-corrected chi connectivity index (χ3v) is 4.38. The van der Waals surface area contributed by atoms with E-state index in [1.54, 1.807) is 6.20 Å². The van der Waals surface area contributed by atoms with Gasteiger partial charge in [0.15, 0.2) is 0 Å². The lowest BCUT2D eigenvalue weighted by Crippen LogP contribution is -2.46. The van der Waals surface area contributed by atoms with E-state index in [1.807, 2.05) is 18.2 Å². The normalized spacial score (nSPS) is 17.6. The number of anilines is 1. The predicted molar refractivity (Wildman–Crippen MR) is 101 cm³/mol. The lowest BCUT2D eigenvalue weighted by molar-refractivity contribution is 0.0948. The van der Waals surface area contributed by atoms with Crippen LogP contribution in [0.4, 0.5) is 5.82 Å². The van der Waals surface area contributed by atoms with E-state index >= 15 is 0 Å². The Hall–Kier alpha value is -2.40. The molecular formula is C20H26N4O. The van der Waals surface area contributed by atoms with Crippen molar-refractivity contribution in [3.05, 3.63) is 59.8 Å². The molecule has 0 radical (unpaired) electrons. The van der Waals surface area contributed by atoms with Crippen LogP contribution in [0.15, 0.2) is 48.7 Å². The van der Waals surface area contributed by atoms with E-state index in [0.717, 1.165) is 25.5 Å². The van der Waals surface area contributed by atoms with Gasteiger partial charge >= 0.3 is 0 Å². The molecule has 2 aromatic rings. The van der Waals surface area contributed by atoms with Crippen molar-refractivity contribution in [3.8, 4) is 0 Å². The van der Waals surface area contributed by atoms with Gasteiger partial charge in [-0.3, -0.25) is 4.79 Å². The topological polar surface area (TPSA) is 57.3 Å². The SMILES string of the molecule is CC(C)CNC(=O)c1ccc(N2CCN[C@H](c3ccccc3)C2)nc1. The highest BCUT2D eigenvalue weighted by atomic mass is 16.1. The second-order valence-corrected chi connectivity index (χ2v) is 6.87. The number of amides is 1. The average Bonchev–Trinajstić information content (AvgIpc) is 2.67. The first kappa shape index (κ1) is 17.4. The Bertz CT molecular complexity index is 685. The zero-order chi connectivity index (χ0) is 17.6. The van der Waals surface area contributed by atoms with Gasteiger partial charge in [-0.1, -0.05) is 44.2 Å². The molecule has 1 aromatic carbocycles. The van der Waals surface area contributed by atoms with Gasteiger partial charge in [0.05, 0.1) is 5.56 Å². The lowest BCUT2D eigenvalue weighted by Gasteiger charge is -2.34. The first-order chi connectivity index (χ1) is 12.1. The third-order valence-electron chi connectivity index (χ3n) is 4.38. The Morgan fingerprint density at radius 1 is 1.28 bits per heavy atom. The summed E-state index contributed by atoms with van der Waals surface area (Å²) in [6, 6.07) is 14.6. The average molecular weight is 338 g/mol. The molecule has 25 heavy (non-hydrogen) atoms. The van der Waals surface area contributed by atoms with Crippen molar-refractivity contribution in [3.63, 3.8) is 0 Å². The summed E-state index contributed by atoms with van der Waals surface area (Å²) in [5.41, 5.74) is 1.90. The number of carbonyl (C=O) groups is 1. The van der Waals surface area contributed by atoms with Crippen LogP contribution >= 0.6 is 0 Å². The molecule has 1 amide bonds. The Morgan fingerprint density at radius 3 is 2.76 bits per heavy atom. The van der Waals surface area contributed by atoms with Gasteiger partial charge in [-0.2, -0.15) is 0 Å². The summed E-state index contributed by atoms with van der Waals surface area (Å²) >= 11 is 0. The van der Waals surface area contributed by atoms with Crippen LogP contribution in [0, 0.1) is 5.92 Å². The number of aromatic nitrogens is 1. The van der Waals surface area contributed by atoms with Crippen molar-refractivity contribution in [2.45, 2.75) is 19.9 Å². The highest BCUT2D eigenvalue weighted by Crippen LogP contribution is 2.21. The Kier molecular flexibility index (Phi) is 5.66. The number of hydrogen-bond acceptors (Lipinski definition) is 4. The molecule has 2 heterocycles. The number of hydrogen-bond donors (Lipinski definition) is 2. The Labute approximate surface area is 149 Å². The Morgan fingerprint density at radius 2 is 2.08 bits per heavy atom. The molecule has 1 atom stereocenters. The molecular weight excluding hydrogens is 312 g/mol. The molecule has 0 saturated carbocycles. The summed E-state index contributed by atoms with van der Waals surface area (Å²) in [4.78, 5) is 18.9. The molecule has 1 saturated heterocycles. The van der Waals surface area contributed by atoms with E-state index in [-0.39, 0.29) is 5.91 Å². The van der Waals surface area contributed by atoms with E-state index in [4.69, 9.17) is 0 Å². The van der Waals surface area contributed by atoms with E-state index < -0.39 is 0 Å². The van der Waals surface area contributed by atoms with Crippen LogP contribution in [-0.2, 0) is 0 Å². The van der Waals surface area contributed by atoms with Crippen molar-refractivity contribution >= 4 is 11.7 Å². The quantitative estimate of drug-likeness (QED) is 0.880. The molecule has 1 aliphatic rings. The van der Waals surface area contributed by atoms with Gasteiger partial charge < -0.3 is 15.5 Å². The minimum absolute atomic E-state index is 0.0600. The molecule has 3 rings (SSSR count). The van der Waals surface area contributed by atoms with Crippen molar-refractivity contribution in [1.82, 2.24) is 15.6 Å². The van der Waals surface area contributed by atoms with Gasteiger partial charge in [-0.25, -0.2) is 4.98 Å². The first-order valence-corrected chi connectivity index (χ1v) is 8.91. The molecule has 5 heteroatoms. The number of pyridine rings is 1. The maximum Gasteiger partial charge on any atom is 0.252 e. The number of benzene rings is 1. The summed E-state index contributed by atoms with van der Waals surface area (Å²) in [6.45, 7) is 7.53. The molecule has 132 valence electrons. The van der Waals surface area contributed by atoms with Crippen LogP contribution in [0.25, 0.3) is 0 Å². The molecule has 0 unspecified atom stereocenters. The second kappa shape index (κ2) is 8.12. The third kappa shape index (κ3) is 4.57.